The second kappa shape index (κ2) is 8.53. The fourth-order valence-corrected chi connectivity index (χ4v) is 3.36. The monoisotopic (exact) mass is 368 g/mol. The molecule has 3 aromatic carbocycles. The highest BCUT2D eigenvalue weighted by Gasteiger charge is 2.09. The number of anilines is 2. The largest absolute Gasteiger partial charge is 0.383 e. The molecule has 0 amide bonds. The maximum atomic E-state index is 4.52. The number of nitrogens with zero attached hydrogens (tertiary/aromatic N) is 2. The Kier molecular flexibility index (Phi) is 5.48. The lowest BCUT2D eigenvalue weighted by Crippen LogP contribution is -2.15. The average molecular weight is 368 g/mol. The first-order valence-corrected chi connectivity index (χ1v) is 9.63. The fraction of sp³-hybridized carbons (Fsp3) is 0.167. The molecule has 0 bridgehead atoms. The van der Waals surface area contributed by atoms with Gasteiger partial charge in [-0.25, -0.2) is 0 Å². The molecule has 4 nitrogen and oxygen atoms in total. The Bertz CT molecular complexity index is 1060. The Morgan fingerprint density at radius 1 is 0.679 bits per heavy atom. The van der Waals surface area contributed by atoms with E-state index in [0.29, 0.717) is 0 Å². The second-order valence-corrected chi connectivity index (χ2v) is 6.87. The van der Waals surface area contributed by atoms with Gasteiger partial charge in [0, 0.05) is 36.0 Å². The lowest BCUT2D eigenvalue weighted by molar-refractivity contribution is 0.946. The van der Waals surface area contributed by atoms with E-state index < -0.39 is 0 Å². The van der Waals surface area contributed by atoms with Gasteiger partial charge < -0.3 is 10.6 Å². The topological polar surface area (TPSA) is 49.8 Å². The van der Waals surface area contributed by atoms with Gasteiger partial charge in [0.1, 0.15) is 0 Å². The first-order chi connectivity index (χ1) is 13.8. The molecule has 0 aliphatic heterocycles. The molecule has 0 radical (unpaired) electrons. The van der Waals surface area contributed by atoms with E-state index in [9.17, 15) is 0 Å². The zero-order valence-electron chi connectivity index (χ0n) is 16.0. The van der Waals surface area contributed by atoms with Crippen LogP contribution in [-0.4, -0.2) is 23.3 Å². The number of aromatic nitrogens is 2. The Labute approximate surface area is 165 Å². The molecule has 0 saturated carbocycles. The summed E-state index contributed by atoms with van der Waals surface area (Å²) in [7, 11) is 0. The van der Waals surface area contributed by atoms with Gasteiger partial charge in [-0.2, -0.15) is 5.10 Å². The second-order valence-electron chi connectivity index (χ2n) is 6.87. The first kappa shape index (κ1) is 18.0. The smallest absolute Gasteiger partial charge is 0.156 e. The zero-order chi connectivity index (χ0) is 19.2. The van der Waals surface area contributed by atoms with Gasteiger partial charge in [-0.15, -0.1) is 5.10 Å². The molecule has 0 spiro atoms. The summed E-state index contributed by atoms with van der Waals surface area (Å²) >= 11 is 0. The van der Waals surface area contributed by atoms with Crippen molar-refractivity contribution in [2.24, 2.45) is 0 Å². The van der Waals surface area contributed by atoms with E-state index in [2.05, 4.69) is 88.4 Å². The molecule has 1 heterocycles. The van der Waals surface area contributed by atoms with Crippen LogP contribution in [0.15, 0.2) is 78.9 Å². The fourth-order valence-electron chi connectivity index (χ4n) is 3.36. The van der Waals surface area contributed by atoms with Crippen molar-refractivity contribution in [3.8, 4) is 0 Å². The maximum absolute atomic E-state index is 4.52. The van der Waals surface area contributed by atoms with Crippen LogP contribution in [0.5, 0.6) is 0 Å². The quantitative estimate of drug-likeness (QED) is 0.448. The van der Waals surface area contributed by atoms with Gasteiger partial charge in [0.25, 0.3) is 0 Å². The van der Waals surface area contributed by atoms with Crippen LogP contribution in [0.3, 0.4) is 0 Å². The van der Waals surface area contributed by atoms with E-state index in [1.165, 1.54) is 16.8 Å². The summed E-state index contributed by atoms with van der Waals surface area (Å²) in [6, 6.07) is 27.0. The van der Waals surface area contributed by atoms with Crippen molar-refractivity contribution in [1.29, 1.82) is 0 Å². The molecule has 4 heteroatoms. The van der Waals surface area contributed by atoms with Gasteiger partial charge >= 0.3 is 0 Å². The number of para-hydroxylation sites is 1. The highest BCUT2D eigenvalue weighted by Crippen LogP contribution is 2.24. The normalized spacial score (nSPS) is 10.8. The number of hydrogen-bond donors (Lipinski definition) is 2. The number of fused-ring (bicyclic) bond motifs is 1. The van der Waals surface area contributed by atoms with Crippen molar-refractivity contribution in [3.63, 3.8) is 0 Å². The van der Waals surface area contributed by atoms with Crippen molar-refractivity contribution >= 4 is 22.3 Å². The van der Waals surface area contributed by atoms with Crippen LogP contribution in [0.2, 0.25) is 0 Å². The molecule has 4 rings (SSSR count). The van der Waals surface area contributed by atoms with Crippen molar-refractivity contribution < 1.29 is 0 Å². The molecule has 2 N–H and O–H groups in total. The highest BCUT2D eigenvalue weighted by molar-refractivity contribution is 5.93. The standard InChI is InChI=1S/C24H24N4/c1-18-9-5-8-14-22(18)25-15-16-26-24-21-13-7-6-12-20(21)23(27-28-24)17-19-10-3-2-4-11-19/h2-14,25H,15-17H2,1H3,(H,26,28). The van der Waals surface area contributed by atoms with Crippen LogP contribution < -0.4 is 10.6 Å². The Balaban J connectivity index is 1.47. The molecule has 0 aliphatic carbocycles. The summed E-state index contributed by atoms with van der Waals surface area (Å²) in [5.41, 5.74) is 4.66. The Morgan fingerprint density at radius 3 is 2.18 bits per heavy atom. The van der Waals surface area contributed by atoms with Crippen LogP contribution in [-0.2, 0) is 6.42 Å². The van der Waals surface area contributed by atoms with E-state index in [-0.39, 0.29) is 0 Å². The van der Waals surface area contributed by atoms with E-state index in [1.807, 2.05) is 18.2 Å². The number of benzene rings is 3. The Hall–Kier alpha value is -3.40. The molecule has 1 aromatic heterocycles. The van der Waals surface area contributed by atoms with Crippen LogP contribution in [0, 0.1) is 6.92 Å². The molecule has 0 saturated heterocycles. The van der Waals surface area contributed by atoms with Crippen LogP contribution in [0.1, 0.15) is 16.8 Å². The number of hydrogen-bond acceptors (Lipinski definition) is 4. The summed E-state index contributed by atoms with van der Waals surface area (Å²) in [5.74, 6) is 0.832. The molecule has 0 aliphatic rings. The first-order valence-electron chi connectivity index (χ1n) is 9.63. The summed E-state index contributed by atoms with van der Waals surface area (Å²) in [5, 5.41) is 18.2. The molecule has 0 unspecified atom stereocenters. The molecular weight excluding hydrogens is 344 g/mol. The number of rotatable bonds is 7. The minimum atomic E-state index is 0.769. The molecule has 0 fully saturated rings. The third kappa shape index (κ3) is 4.12. The third-order valence-electron chi connectivity index (χ3n) is 4.86. The van der Waals surface area contributed by atoms with Crippen LogP contribution in [0.25, 0.3) is 10.8 Å². The predicted molar refractivity (Wildman–Crippen MR) is 117 cm³/mol. The zero-order valence-corrected chi connectivity index (χ0v) is 16.0. The van der Waals surface area contributed by atoms with E-state index in [4.69, 9.17) is 0 Å². The summed E-state index contributed by atoms with van der Waals surface area (Å²) in [4.78, 5) is 0. The lowest BCUT2D eigenvalue weighted by Gasteiger charge is -2.13. The van der Waals surface area contributed by atoms with Crippen molar-refractivity contribution in [2.75, 3.05) is 23.7 Å². The van der Waals surface area contributed by atoms with Crippen molar-refractivity contribution in [3.05, 3.63) is 95.7 Å². The van der Waals surface area contributed by atoms with E-state index >= 15 is 0 Å². The summed E-state index contributed by atoms with van der Waals surface area (Å²) in [6.45, 7) is 3.69. The lowest BCUT2D eigenvalue weighted by atomic mass is 10.0. The molecule has 28 heavy (non-hydrogen) atoms. The molecule has 4 aromatic rings. The van der Waals surface area contributed by atoms with Gasteiger partial charge in [-0.1, -0.05) is 72.8 Å². The molecular formula is C24H24N4. The predicted octanol–water partition coefficient (Wildman–Crippen LogP) is 5.05. The Morgan fingerprint density at radius 2 is 1.36 bits per heavy atom. The summed E-state index contributed by atoms with van der Waals surface area (Å²) in [6.07, 6.45) is 0.781. The minimum absolute atomic E-state index is 0.769. The van der Waals surface area contributed by atoms with Gasteiger partial charge in [-0.3, -0.25) is 0 Å². The van der Waals surface area contributed by atoms with E-state index in [1.54, 1.807) is 0 Å². The molecule has 140 valence electrons. The highest BCUT2D eigenvalue weighted by atomic mass is 15.2. The number of aryl methyl sites for hydroxylation is 1. The van der Waals surface area contributed by atoms with Crippen molar-refractivity contribution in [2.45, 2.75) is 13.3 Å². The van der Waals surface area contributed by atoms with Gasteiger partial charge in [0.05, 0.1) is 5.69 Å². The van der Waals surface area contributed by atoms with E-state index in [0.717, 1.165) is 41.8 Å². The van der Waals surface area contributed by atoms with Gasteiger partial charge in [0.2, 0.25) is 0 Å². The molecule has 0 atom stereocenters. The van der Waals surface area contributed by atoms with Gasteiger partial charge in [0.15, 0.2) is 5.82 Å². The maximum Gasteiger partial charge on any atom is 0.156 e. The van der Waals surface area contributed by atoms with Crippen LogP contribution in [0.4, 0.5) is 11.5 Å². The number of nitrogens with one attached hydrogen (secondary N) is 2. The summed E-state index contributed by atoms with van der Waals surface area (Å²) < 4.78 is 0. The van der Waals surface area contributed by atoms with Gasteiger partial charge in [-0.05, 0) is 24.1 Å². The minimum Gasteiger partial charge on any atom is -0.383 e. The van der Waals surface area contributed by atoms with Crippen molar-refractivity contribution in [1.82, 2.24) is 10.2 Å². The SMILES string of the molecule is Cc1ccccc1NCCNc1nnc(Cc2ccccc2)c2ccccc12. The average Bonchev–Trinajstić information content (AvgIpc) is 2.74. The third-order valence-corrected chi connectivity index (χ3v) is 4.86. The van der Waals surface area contributed by atoms with Crippen LogP contribution >= 0.6 is 0 Å².